The molecule has 0 aromatic carbocycles. The Kier molecular flexibility index (Phi) is 2.47. The number of carbonyl (C=O) groups excluding carboxylic acids is 2. The van der Waals surface area contributed by atoms with Gasteiger partial charge in [-0.1, -0.05) is 6.42 Å². The van der Waals surface area contributed by atoms with Crippen molar-refractivity contribution in [3.8, 4) is 0 Å². The van der Waals surface area contributed by atoms with Crippen molar-refractivity contribution in [2.45, 2.75) is 38.5 Å². The molecule has 0 heterocycles. The molecule has 2 heteroatoms. The Morgan fingerprint density at radius 2 is 2.00 bits per heavy atom. The zero-order valence-corrected chi connectivity index (χ0v) is 7.87. The number of carbonyl (C=O) groups is 2. The molecule has 0 aromatic rings. The third-order valence-corrected chi connectivity index (χ3v) is 3.67. The van der Waals surface area contributed by atoms with Crippen molar-refractivity contribution >= 4 is 12.1 Å². The molecule has 0 radical (unpaired) electrons. The van der Waals surface area contributed by atoms with Gasteiger partial charge in [-0.05, 0) is 31.6 Å². The SMILES string of the molecule is O=CC1CCCC1C1CCCC1=O. The van der Waals surface area contributed by atoms with Gasteiger partial charge in [0.2, 0.25) is 0 Å². The summed E-state index contributed by atoms with van der Waals surface area (Å²) in [6, 6.07) is 0. The van der Waals surface area contributed by atoms with Crippen molar-refractivity contribution in [3.05, 3.63) is 0 Å². The van der Waals surface area contributed by atoms with Crippen molar-refractivity contribution < 1.29 is 9.59 Å². The van der Waals surface area contributed by atoms with Gasteiger partial charge in [0.05, 0.1) is 0 Å². The maximum atomic E-state index is 11.5. The highest BCUT2D eigenvalue weighted by Gasteiger charge is 2.38. The molecule has 3 unspecified atom stereocenters. The summed E-state index contributed by atoms with van der Waals surface area (Å²) in [4.78, 5) is 22.3. The van der Waals surface area contributed by atoms with E-state index in [1.807, 2.05) is 0 Å². The third kappa shape index (κ3) is 1.54. The molecule has 0 saturated heterocycles. The summed E-state index contributed by atoms with van der Waals surface area (Å²) in [5.41, 5.74) is 0. The van der Waals surface area contributed by atoms with Gasteiger partial charge in [0.1, 0.15) is 12.1 Å². The smallest absolute Gasteiger partial charge is 0.136 e. The zero-order chi connectivity index (χ0) is 9.26. The van der Waals surface area contributed by atoms with Crippen molar-refractivity contribution in [1.82, 2.24) is 0 Å². The van der Waals surface area contributed by atoms with Crippen molar-refractivity contribution in [2.24, 2.45) is 17.8 Å². The van der Waals surface area contributed by atoms with E-state index in [-0.39, 0.29) is 11.8 Å². The van der Waals surface area contributed by atoms with Gasteiger partial charge in [0, 0.05) is 18.3 Å². The van der Waals surface area contributed by atoms with E-state index in [9.17, 15) is 9.59 Å². The van der Waals surface area contributed by atoms with Gasteiger partial charge in [0.25, 0.3) is 0 Å². The molecule has 0 aliphatic heterocycles. The molecule has 72 valence electrons. The fraction of sp³-hybridized carbons (Fsp3) is 0.818. The predicted octanol–water partition coefficient (Wildman–Crippen LogP) is 1.97. The lowest BCUT2D eigenvalue weighted by Gasteiger charge is -2.19. The standard InChI is InChI=1S/C11H16O2/c12-7-8-3-1-4-9(8)10-5-2-6-11(10)13/h7-10H,1-6H2. The van der Waals surface area contributed by atoms with Gasteiger partial charge in [-0.2, -0.15) is 0 Å². The summed E-state index contributed by atoms with van der Waals surface area (Å²) in [7, 11) is 0. The molecule has 0 amide bonds. The Morgan fingerprint density at radius 1 is 1.15 bits per heavy atom. The zero-order valence-electron chi connectivity index (χ0n) is 7.87. The highest BCUT2D eigenvalue weighted by Crippen LogP contribution is 2.41. The van der Waals surface area contributed by atoms with Crippen LogP contribution in [-0.4, -0.2) is 12.1 Å². The Balaban J connectivity index is 2.06. The average Bonchev–Trinajstić information content (AvgIpc) is 2.71. The van der Waals surface area contributed by atoms with E-state index < -0.39 is 0 Å². The second-order valence-corrected chi connectivity index (χ2v) is 4.36. The molecule has 3 atom stereocenters. The minimum atomic E-state index is 0.187. The number of Topliss-reactive ketones (excluding diaryl/α,β-unsaturated/α-hetero) is 1. The molecule has 2 aliphatic carbocycles. The molecule has 2 fully saturated rings. The molecule has 13 heavy (non-hydrogen) atoms. The predicted molar refractivity (Wildman–Crippen MR) is 49.2 cm³/mol. The summed E-state index contributed by atoms with van der Waals surface area (Å²) < 4.78 is 0. The lowest BCUT2D eigenvalue weighted by Crippen LogP contribution is -2.23. The highest BCUT2D eigenvalue weighted by molar-refractivity contribution is 5.83. The van der Waals surface area contributed by atoms with E-state index in [4.69, 9.17) is 0 Å². The first-order valence-electron chi connectivity index (χ1n) is 5.31. The second kappa shape index (κ2) is 3.60. The van der Waals surface area contributed by atoms with Crippen LogP contribution in [0.15, 0.2) is 0 Å². The maximum absolute atomic E-state index is 11.5. The fourth-order valence-corrected chi connectivity index (χ4v) is 2.98. The Labute approximate surface area is 78.7 Å². The second-order valence-electron chi connectivity index (χ2n) is 4.36. The summed E-state index contributed by atoms with van der Waals surface area (Å²) in [5, 5.41) is 0. The minimum Gasteiger partial charge on any atom is -0.303 e. The van der Waals surface area contributed by atoms with E-state index in [1.165, 1.54) is 0 Å². The molecule has 2 saturated carbocycles. The molecule has 0 spiro atoms. The van der Waals surface area contributed by atoms with E-state index in [1.54, 1.807) is 0 Å². The maximum Gasteiger partial charge on any atom is 0.136 e. The van der Waals surface area contributed by atoms with Crippen LogP contribution >= 0.6 is 0 Å². The Bertz CT molecular complexity index is 222. The fourth-order valence-electron chi connectivity index (χ4n) is 2.98. The van der Waals surface area contributed by atoms with Gasteiger partial charge < -0.3 is 4.79 Å². The molecular formula is C11H16O2. The average molecular weight is 180 g/mol. The van der Waals surface area contributed by atoms with Gasteiger partial charge in [-0.3, -0.25) is 4.79 Å². The van der Waals surface area contributed by atoms with Crippen LogP contribution < -0.4 is 0 Å². The van der Waals surface area contributed by atoms with Gasteiger partial charge in [-0.15, -0.1) is 0 Å². The molecule has 0 N–H and O–H groups in total. The first-order chi connectivity index (χ1) is 6.33. The normalized spacial score (nSPS) is 39.7. The van der Waals surface area contributed by atoms with Crippen LogP contribution in [0.2, 0.25) is 0 Å². The third-order valence-electron chi connectivity index (χ3n) is 3.67. The van der Waals surface area contributed by atoms with Crippen LogP contribution in [0.25, 0.3) is 0 Å². The van der Waals surface area contributed by atoms with Crippen LogP contribution in [0.5, 0.6) is 0 Å². The van der Waals surface area contributed by atoms with Gasteiger partial charge in [-0.25, -0.2) is 0 Å². The highest BCUT2D eigenvalue weighted by atomic mass is 16.1. The summed E-state index contributed by atoms with van der Waals surface area (Å²) in [5.74, 6) is 1.23. The lowest BCUT2D eigenvalue weighted by molar-refractivity contribution is -0.123. The number of ketones is 1. The first kappa shape index (κ1) is 8.92. The van der Waals surface area contributed by atoms with E-state index in [0.717, 1.165) is 44.8 Å². The van der Waals surface area contributed by atoms with E-state index in [0.29, 0.717) is 11.7 Å². The monoisotopic (exact) mass is 180 g/mol. The Morgan fingerprint density at radius 3 is 2.62 bits per heavy atom. The molecule has 2 nitrogen and oxygen atoms in total. The van der Waals surface area contributed by atoms with Crippen LogP contribution in [0.3, 0.4) is 0 Å². The minimum absolute atomic E-state index is 0.187. The molecule has 2 aliphatic rings. The molecule has 0 aromatic heterocycles. The van der Waals surface area contributed by atoms with Crippen molar-refractivity contribution in [3.63, 3.8) is 0 Å². The number of rotatable bonds is 2. The quantitative estimate of drug-likeness (QED) is 0.609. The first-order valence-corrected chi connectivity index (χ1v) is 5.31. The largest absolute Gasteiger partial charge is 0.303 e. The van der Waals surface area contributed by atoms with Crippen molar-refractivity contribution in [1.29, 1.82) is 0 Å². The topological polar surface area (TPSA) is 34.1 Å². The molecular weight excluding hydrogens is 164 g/mol. The summed E-state index contributed by atoms with van der Waals surface area (Å²) >= 11 is 0. The van der Waals surface area contributed by atoms with E-state index in [2.05, 4.69) is 0 Å². The number of hydrogen-bond donors (Lipinski definition) is 0. The van der Waals surface area contributed by atoms with Crippen LogP contribution in [0, 0.1) is 17.8 Å². The molecule has 2 rings (SSSR count). The van der Waals surface area contributed by atoms with E-state index >= 15 is 0 Å². The van der Waals surface area contributed by atoms with Crippen molar-refractivity contribution in [2.75, 3.05) is 0 Å². The number of hydrogen-bond acceptors (Lipinski definition) is 2. The number of aldehydes is 1. The lowest BCUT2D eigenvalue weighted by atomic mass is 9.83. The van der Waals surface area contributed by atoms with Gasteiger partial charge >= 0.3 is 0 Å². The van der Waals surface area contributed by atoms with Gasteiger partial charge in [0.15, 0.2) is 0 Å². The summed E-state index contributed by atoms with van der Waals surface area (Å²) in [6.07, 6.45) is 7.16. The molecule has 0 bridgehead atoms. The summed E-state index contributed by atoms with van der Waals surface area (Å²) in [6.45, 7) is 0. The Hall–Kier alpha value is -0.660. The van der Waals surface area contributed by atoms with Crippen LogP contribution in [0.1, 0.15) is 38.5 Å². The van der Waals surface area contributed by atoms with Crippen LogP contribution in [-0.2, 0) is 9.59 Å². The van der Waals surface area contributed by atoms with Crippen LogP contribution in [0.4, 0.5) is 0 Å².